The third-order valence-corrected chi connectivity index (χ3v) is 5.56. The normalized spacial score (nSPS) is 10.6. The summed E-state index contributed by atoms with van der Waals surface area (Å²) in [5.41, 5.74) is 2.11. The van der Waals surface area contributed by atoms with Gasteiger partial charge in [0.1, 0.15) is 11.6 Å². The summed E-state index contributed by atoms with van der Waals surface area (Å²) in [6, 6.07) is 13.0. The van der Waals surface area contributed by atoms with E-state index in [1.54, 1.807) is 43.5 Å². The maximum absolute atomic E-state index is 13.2. The second-order valence-corrected chi connectivity index (χ2v) is 7.83. The summed E-state index contributed by atoms with van der Waals surface area (Å²) >= 11 is 1.41. The minimum absolute atomic E-state index is 0.0689. The van der Waals surface area contributed by atoms with Crippen LogP contribution in [0.15, 0.2) is 48.5 Å². The van der Waals surface area contributed by atoms with E-state index in [1.807, 2.05) is 0 Å². The Hall–Kier alpha value is -3.06. The van der Waals surface area contributed by atoms with Crippen molar-refractivity contribution in [2.24, 2.45) is 0 Å². The number of halogens is 1. The number of anilines is 1. The van der Waals surface area contributed by atoms with Crippen LogP contribution in [0.2, 0.25) is 0 Å². The van der Waals surface area contributed by atoms with E-state index in [4.69, 9.17) is 4.74 Å². The Morgan fingerprint density at radius 1 is 1.07 bits per heavy atom. The molecule has 0 aliphatic heterocycles. The fourth-order valence-electron chi connectivity index (χ4n) is 2.97. The van der Waals surface area contributed by atoms with Crippen LogP contribution >= 0.6 is 11.3 Å². The van der Waals surface area contributed by atoms with Crippen LogP contribution in [-0.4, -0.2) is 23.8 Å². The number of ketones is 1. The highest BCUT2D eigenvalue weighted by molar-refractivity contribution is 7.16. The van der Waals surface area contributed by atoms with Crippen LogP contribution in [0.3, 0.4) is 0 Å². The van der Waals surface area contributed by atoms with Crippen molar-refractivity contribution < 1.29 is 18.7 Å². The summed E-state index contributed by atoms with van der Waals surface area (Å²) in [6.45, 7) is 2.07. The molecule has 0 aliphatic rings. The zero-order chi connectivity index (χ0) is 21.5. The van der Waals surface area contributed by atoms with Gasteiger partial charge in [0.15, 0.2) is 10.9 Å². The lowest BCUT2D eigenvalue weighted by Gasteiger charge is -2.03. The van der Waals surface area contributed by atoms with E-state index >= 15 is 0 Å². The zero-order valence-electron chi connectivity index (χ0n) is 16.9. The second kappa shape index (κ2) is 10.1. The van der Waals surface area contributed by atoms with Gasteiger partial charge in [0.05, 0.1) is 12.8 Å². The van der Waals surface area contributed by atoms with Crippen molar-refractivity contribution in [3.05, 3.63) is 64.8 Å². The van der Waals surface area contributed by atoms with Crippen LogP contribution < -0.4 is 10.1 Å². The quantitative estimate of drug-likeness (QED) is 0.458. The highest BCUT2D eigenvalue weighted by atomic mass is 32.1. The van der Waals surface area contributed by atoms with E-state index in [9.17, 15) is 14.0 Å². The third kappa shape index (κ3) is 5.51. The molecule has 0 unspecified atom stereocenters. The summed E-state index contributed by atoms with van der Waals surface area (Å²) < 4.78 is 18.3. The van der Waals surface area contributed by atoms with Gasteiger partial charge in [-0.05, 0) is 55.0 Å². The van der Waals surface area contributed by atoms with Gasteiger partial charge in [-0.15, -0.1) is 11.3 Å². The Balaban J connectivity index is 1.63. The van der Waals surface area contributed by atoms with Gasteiger partial charge in [-0.2, -0.15) is 0 Å². The monoisotopic (exact) mass is 426 g/mol. The summed E-state index contributed by atoms with van der Waals surface area (Å²) in [4.78, 5) is 30.2. The molecule has 3 rings (SSSR count). The third-order valence-electron chi connectivity index (χ3n) is 4.53. The van der Waals surface area contributed by atoms with Crippen molar-refractivity contribution in [2.45, 2.75) is 32.6 Å². The Kier molecular flexibility index (Phi) is 7.30. The average Bonchev–Trinajstić information content (AvgIpc) is 3.15. The van der Waals surface area contributed by atoms with E-state index in [-0.39, 0.29) is 30.3 Å². The highest BCUT2D eigenvalue weighted by Gasteiger charge is 2.16. The number of carbonyl (C=O) groups excluding carboxylic acids is 2. The Morgan fingerprint density at radius 3 is 2.40 bits per heavy atom. The molecule has 0 saturated carbocycles. The molecule has 0 atom stereocenters. The molecular formula is C23H23FN2O3S. The number of carbonyl (C=O) groups is 2. The topological polar surface area (TPSA) is 68.3 Å². The SMILES string of the molecule is CCCc1sc(NC(=O)CCC(=O)c2ccc(OC)cc2)nc1-c1ccc(F)cc1. The lowest BCUT2D eigenvalue weighted by Crippen LogP contribution is -2.13. The van der Waals surface area contributed by atoms with Crippen molar-refractivity contribution in [2.75, 3.05) is 12.4 Å². The van der Waals surface area contributed by atoms with Crippen molar-refractivity contribution in [3.8, 4) is 17.0 Å². The summed E-state index contributed by atoms with van der Waals surface area (Å²) in [7, 11) is 1.56. The molecule has 7 heteroatoms. The first-order chi connectivity index (χ1) is 14.5. The Labute approximate surface area is 178 Å². The predicted molar refractivity (Wildman–Crippen MR) is 117 cm³/mol. The minimum atomic E-state index is -0.305. The van der Waals surface area contributed by atoms with Gasteiger partial charge in [-0.1, -0.05) is 13.3 Å². The maximum Gasteiger partial charge on any atom is 0.226 e. The number of ether oxygens (including phenoxy) is 1. The summed E-state index contributed by atoms with van der Waals surface area (Å²) in [5.74, 6) is -0.00101. The van der Waals surface area contributed by atoms with Crippen molar-refractivity contribution in [1.29, 1.82) is 0 Å². The number of amides is 1. The number of aromatic nitrogens is 1. The molecule has 1 N–H and O–H groups in total. The number of aryl methyl sites for hydroxylation is 1. The van der Waals surface area contributed by atoms with Crippen molar-refractivity contribution in [1.82, 2.24) is 4.98 Å². The maximum atomic E-state index is 13.2. The van der Waals surface area contributed by atoms with Crippen LogP contribution in [0.25, 0.3) is 11.3 Å². The number of rotatable bonds is 9. The highest BCUT2D eigenvalue weighted by Crippen LogP contribution is 2.32. The lowest BCUT2D eigenvalue weighted by molar-refractivity contribution is -0.116. The standard InChI is InChI=1S/C23H23FN2O3S/c1-3-4-20-22(16-5-9-17(24)10-6-16)26-23(30-20)25-21(28)14-13-19(27)15-7-11-18(29-2)12-8-15/h5-12H,3-4,13-14H2,1-2H3,(H,25,26,28). The largest absolute Gasteiger partial charge is 0.497 e. The molecular weight excluding hydrogens is 403 g/mol. The van der Waals surface area contributed by atoms with E-state index in [0.717, 1.165) is 29.0 Å². The first-order valence-electron chi connectivity index (χ1n) is 9.73. The fourth-order valence-corrected chi connectivity index (χ4v) is 4.07. The summed E-state index contributed by atoms with van der Waals surface area (Å²) in [6.07, 6.45) is 1.92. The summed E-state index contributed by atoms with van der Waals surface area (Å²) in [5, 5.41) is 3.28. The molecule has 0 aliphatic carbocycles. The van der Waals surface area contributed by atoms with Gasteiger partial charge in [0.2, 0.25) is 5.91 Å². The first-order valence-corrected chi connectivity index (χ1v) is 10.5. The molecule has 1 heterocycles. The lowest BCUT2D eigenvalue weighted by atomic mass is 10.1. The molecule has 5 nitrogen and oxygen atoms in total. The molecule has 156 valence electrons. The number of Topliss-reactive ketones (excluding diaryl/α,β-unsaturated/α-hetero) is 1. The number of benzene rings is 2. The number of nitrogens with zero attached hydrogens (tertiary/aromatic N) is 1. The first kappa shape index (κ1) is 21.6. The molecule has 1 amide bonds. The average molecular weight is 427 g/mol. The van der Waals surface area contributed by atoms with Gasteiger partial charge in [0.25, 0.3) is 0 Å². The van der Waals surface area contributed by atoms with E-state index in [0.29, 0.717) is 16.4 Å². The molecule has 1 aromatic heterocycles. The molecule has 0 bridgehead atoms. The molecule has 0 radical (unpaired) electrons. The van der Waals surface area contributed by atoms with Crippen LogP contribution in [0.4, 0.5) is 9.52 Å². The molecule has 3 aromatic rings. The van der Waals surface area contributed by atoms with Gasteiger partial charge >= 0.3 is 0 Å². The molecule has 2 aromatic carbocycles. The number of nitrogens with one attached hydrogen (secondary N) is 1. The zero-order valence-corrected chi connectivity index (χ0v) is 17.7. The van der Waals surface area contributed by atoms with Crippen LogP contribution in [-0.2, 0) is 11.2 Å². The molecule has 0 spiro atoms. The van der Waals surface area contributed by atoms with E-state index in [2.05, 4.69) is 17.2 Å². The van der Waals surface area contributed by atoms with Crippen molar-refractivity contribution >= 4 is 28.2 Å². The minimum Gasteiger partial charge on any atom is -0.497 e. The van der Waals surface area contributed by atoms with Gasteiger partial charge < -0.3 is 10.1 Å². The molecule has 0 saturated heterocycles. The fraction of sp³-hybridized carbons (Fsp3) is 0.261. The second-order valence-electron chi connectivity index (χ2n) is 6.75. The predicted octanol–water partition coefficient (Wildman–Crippen LogP) is 5.51. The van der Waals surface area contributed by atoms with Crippen LogP contribution in [0.1, 0.15) is 41.4 Å². The number of hydrogen-bond donors (Lipinski definition) is 1. The van der Waals surface area contributed by atoms with Crippen LogP contribution in [0, 0.1) is 5.82 Å². The molecule has 0 fully saturated rings. The van der Waals surface area contributed by atoms with E-state index in [1.165, 1.54) is 23.5 Å². The Morgan fingerprint density at radius 2 is 1.77 bits per heavy atom. The van der Waals surface area contributed by atoms with Gasteiger partial charge in [-0.3, -0.25) is 9.59 Å². The van der Waals surface area contributed by atoms with Crippen LogP contribution in [0.5, 0.6) is 5.75 Å². The van der Waals surface area contributed by atoms with Gasteiger partial charge in [-0.25, -0.2) is 9.37 Å². The Bertz CT molecular complexity index is 1010. The smallest absolute Gasteiger partial charge is 0.226 e. The number of methoxy groups -OCH3 is 1. The van der Waals surface area contributed by atoms with Gasteiger partial charge in [0, 0.05) is 28.8 Å². The van der Waals surface area contributed by atoms with E-state index < -0.39 is 0 Å². The van der Waals surface area contributed by atoms with Crippen molar-refractivity contribution in [3.63, 3.8) is 0 Å². The molecule has 30 heavy (non-hydrogen) atoms. The number of hydrogen-bond acceptors (Lipinski definition) is 5. The number of thiazole rings is 1.